The van der Waals surface area contributed by atoms with Gasteiger partial charge in [0.05, 0.1) is 12.3 Å². The maximum Gasteiger partial charge on any atom is 0.317 e. The smallest absolute Gasteiger partial charge is 0.317 e. The first-order valence-electron chi connectivity index (χ1n) is 10.4. The average molecular weight is 399 g/mol. The van der Waals surface area contributed by atoms with Gasteiger partial charge in [-0.3, -0.25) is 4.90 Å². The number of urea groups is 1. The van der Waals surface area contributed by atoms with Gasteiger partial charge in [0.25, 0.3) is 0 Å². The molecule has 1 fully saturated rings. The summed E-state index contributed by atoms with van der Waals surface area (Å²) in [6, 6.07) is 9.67. The van der Waals surface area contributed by atoms with Crippen molar-refractivity contribution in [3.05, 3.63) is 47.9 Å². The van der Waals surface area contributed by atoms with Crippen molar-refractivity contribution in [1.82, 2.24) is 15.1 Å². The highest BCUT2D eigenvalue weighted by Crippen LogP contribution is 2.31. The van der Waals surface area contributed by atoms with Gasteiger partial charge in [-0.2, -0.15) is 0 Å². The van der Waals surface area contributed by atoms with Crippen molar-refractivity contribution in [1.29, 1.82) is 0 Å². The van der Waals surface area contributed by atoms with Gasteiger partial charge in [-0.25, -0.2) is 4.79 Å². The van der Waals surface area contributed by atoms with Crippen LogP contribution in [0.25, 0.3) is 0 Å². The fourth-order valence-corrected chi connectivity index (χ4v) is 3.97. The van der Waals surface area contributed by atoms with E-state index in [4.69, 9.17) is 13.9 Å². The lowest BCUT2D eigenvalue weighted by Crippen LogP contribution is -2.44. The number of nitrogens with one attached hydrogen (secondary N) is 1. The summed E-state index contributed by atoms with van der Waals surface area (Å²) >= 11 is 0. The summed E-state index contributed by atoms with van der Waals surface area (Å²) < 4.78 is 16.8. The Labute approximate surface area is 171 Å². The van der Waals surface area contributed by atoms with Crippen molar-refractivity contribution in [2.24, 2.45) is 0 Å². The Morgan fingerprint density at radius 2 is 1.93 bits per heavy atom. The number of amides is 2. The van der Waals surface area contributed by atoms with Gasteiger partial charge in [-0.15, -0.1) is 0 Å². The number of furan rings is 1. The molecule has 29 heavy (non-hydrogen) atoms. The van der Waals surface area contributed by atoms with Crippen molar-refractivity contribution < 1.29 is 18.7 Å². The van der Waals surface area contributed by atoms with Gasteiger partial charge in [-0.05, 0) is 55.8 Å². The van der Waals surface area contributed by atoms with Crippen LogP contribution in [0.1, 0.15) is 36.6 Å². The van der Waals surface area contributed by atoms with Crippen molar-refractivity contribution in [3.8, 4) is 11.5 Å². The lowest BCUT2D eigenvalue weighted by molar-refractivity contribution is 0.140. The van der Waals surface area contributed by atoms with Crippen molar-refractivity contribution in [3.63, 3.8) is 0 Å². The zero-order chi connectivity index (χ0) is 20.1. The molecule has 0 bridgehead atoms. The predicted octanol–water partition coefficient (Wildman–Crippen LogP) is 3.42. The standard InChI is InChI=1S/C22H29N3O4/c1-24(16-17-7-8-20-21(14-17)29-13-12-28-20)22(26)23-15-18(19-6-5-11-27-19)25-9-3-2-4-10-25/h5-8,11,14,18H,2-4,9-10,12-13,15-16H2,1H3,(H,23,26). The molecular weight excluding hydrogens is 370 g/mol. The number of hydrogen-bond acceptors (Lipinski definition) is 5. The molecule has 1 saturated heterocycles. The topological polar surface area (TPSA) is 67.2 Å². The molecule has 2 amide bonds. The van der Waals surface area contributed by atoms with Crippen LogP contribution in [0.3, 0.4) is 0 Å². The molecule has 1 aromatic carbocycles. The predicted molar refractivity (Wildman–Crippen MR) is 109 cm³/mol. The summed E-state index contributed by atoms with van der Waals surface area (Å²) in [5.74, 6) is 2.40. The fraction of sp³-hybridized carbons (Fsp3) is 0.500. The zero-order valence-corrected chi connectivity index (χ0v) is 16.9. The highest BCUT2D eigenvalue weighted by atomic mass is 16.6. The monoisotopic (exact) mass is 399 g/mol. The van der Waals surface area contributed by atoms with Crippen molar-refractivity contribution in [2.75, 3.05) is 39.9 Å². The Hall–Kier alpha value is -2.67. The third-order valence-corrected chi connectivity index (χ3v) is 5.52. The SMILES string of the molecule is CN(Cc1ccc2c(c1)OCCO2)C(=O)NCC(c1ccco1)N1CCCCC1. The van der Waals surface area contributed by atoms with Crippen LogP contribution >= 0.6 is 0 Å². The largest absolute Gasteiger partial charge is 0.486 e. The van der Waals surface area contributed by atoms with E-state index in [0.29, 0.717) is 26.3 Å². The number of benzene rings is 1. The van der Waals surface area contributed by atoms with Crippen LogP contribution < -0.4 is 14.8 Å². The van der Waals surface area contributed by atoms with E-state index in [2.05, 4.69) is 10.2 Å². The van der Waals surface area contributed by atoms with E-state index < -0.39 is 0 Å². The minimum absolute atomic E-state index is 0.0666. The minimum Gasteiger partial charge on any atom is -0.486 e. The van der Waals surface area contributed by atoms with Crippen molar-refractivity contribution >= 4 is 6.03 Å². The number of nitrogens with zero attached hydrogens (tertiary/aromatic N) is 2. The molecule has 4 rings (SSSR count). The summed E-state index contributed by atoms with van der Waals surface area (Å²) in [7, 11) is 1.80. The molecule has 1 atom stereocenters. The average Bonchev–Trinajstić information content (AvgIpc) is 3.29. The number of piperidine rings is 1. The molecular formula is C22H29N3O4. The second-order valence-electron chi connectivity index (χ2n) is 7.65. The van der Waals surface area contributed by atoms with Crippen LogP contribution in [0.15, 0.2) is 41.0 Å². The van der Waals surface area contributed by atoms with E-state index in [9.17, 15) is 4.79 Å². The molecule has 0 spiro atoms. The first-order valence-corrected chi connectivity index (χ1v) is 10.4. The number of hydrogen-bond donors (Lipinski definition) is 1. The summed E-state index contributed by atoms with van der Waals surface area (Å²) in [5.41, 5.74) is 1.01. The molecule has 0 radical (unpaired) electrons. The summed E-state index contributed by atoms with van der Waals surface area (Å²) in [6.07, 6.45) is 5.35. The number of fused-ring (bicyclic) bond motifs is 1. The molecule has 3 heterocycles. The normalized spacial score (nSPS) is 17.6. The molecule has 0 saturated carbocycles. The maximum atomic E-state index is 12.7. The zero-order valence-electron chi connectivity index (χ0n) is 16.9. The Morgan fingerprint density at radius 1 is 1.14 bits per heavy atom. The van der Waals surface area contributed by atoms with Gasteiger partial charge in [0.1, 0.15) is 19.0 Å². The lowest BCUT2D eigenvalue weighted by atomic mass is 10.1. The Kier molecular flexibility index (Phi) is 6.24. The number of rotatable bonds is 6. The van der Waals surface area contributed by atoms with Crippen LogP contribution in [-0.2, 0) is 6.54 Å². The van der Waals surface area contributed by atoms with Gasteiger partial charge in [0, 0.05) is 20.1 Å². The number of carbonyl (C=O) groups is 1. The lowest BCUT2D eigenvalue weighted by Gasteiger charge is -2.33. The first kappa shape index (κ1) is 19.6. The molecule has 1 unspecified atom stereocenters. The second kappa shape index (κ2) is 9.22. The summed E-state index contributed by atoms with van der Waals surface area (Å²) in [6.45, 7) is 4.22. The van der Waals surface area contributed by atoms with E-state index in [1.54, 1.807) is 18.2 Å². The third kappa shape index (κ3) is 4.85. The van der Waals surface area contributed by atoms with Crippen LogP contribution in [0.2, 0.25) is 0 Å². The Balaban J connectivity index is 1.35. The molecule has 2 aromatic rings. The molecule has 1 aromatic heterocycles. The molecule has 0 aliphatic carbocycles. The number of likely N-dealkylation sites (tertiary alicyclic amines) is 1. The second-order valence-corrected chi connectivity index (χ2v) is 7.65. The maximum absolute atomic E-state index is 12.7. The highest BCUT2D eigenvalue weighted by molar-refractivity contribution is 5.74. The van der Waals surface area contributed by atoms with Gasteiger partial charge in [0.15, 0.2) is 11.5 Å². The van der Waals surface area contributed by atoms with Crippen LogP contribution in [-0.4, -0.2) is 55.7 Å². The quantitative estimate of drug-likeness (QED) is 0.806. The van der Waals surface area contributed by atoms with Crippen LogP contribution in [0.5, 0.6) is 11.5 Å². The van der Waals surface area contributed by atoms with E-state index in [0.717, 1.165) is 35.9 Å². The van der Waals surface area contributed by atoms with E-state index in [-0.39, 0.29) is 12.1 Å². The van der Waals surface area contributed by atoms with Gasteiger partial charge >= 0.3 is 6.03 Å². The number of carbonyl (C=O) groups excluding carboxylic acids is 1. The Morgan fingerprint density at radius 3 is 2.69 bits per heavy atom. The summed E-state index contributed by atoms with van der Waals surface area (Å²) in [5, 5.41) is 3.08. The van der Waals surface area contributed by atoms with E-state index >= 15 is 0 Å². The first-order chi connectivity index (χ1) is 14.2. The van der Waals surface area contributed by atoms with Gasteiger partial charge in [-0.1, -0.05) is 12.5 Å². The molecule has 1 N–H and O–H groups in total. The molecule has 156 valence electrons. The fourth-order valence-electron chi connectivity index (χ4n) is 3.97. The summed E-state index contributed by atoms with van der Waals surface area (Å²) in [4.78, 5) is 16.8. The van der Waals surface area contributed by atoms with Crippen LogP contribution in [0, 0.1) is 0 Å². The number of ether oxygens (including phenoxy) is 2. The van der Waals surface area contributed by atoms with Crippen molar-refractivity contribution in [2.45, 2.75) is 31.8 Å². The third-order valence-electron chi connectivity index (χ3n) is 5.52. The Bertz CT molecular complexity index is 802. The molecule has 2 aliphatic heterocycles. The minimum atomic E-state index is -0.103. The molecule has 7 heteroatoms. The van der Waals surface area contributed by atoms with E-state index in [1.165, 1.54) is 19.3 Å². The molecule has 2 aliphatic rings. The van der Waals surface area contributed by atoms with Gasteiger partial charge < -0.3 is 24.1 Å². The van der Waals surface area contributed by atoms with E-state index in [1.807, 2.05) is 30.3 Å². The highest BCUT2D eigenvalue weighted by Gasteiger charge is 2.25. The van der Waals surface area contributed by atoms with Gasteiger partial charge in [0.2, 0.25) is 0 Å². The molecule has 7 nitrogen and oxygen atoms in total. The van der Waals surface area contributed by atoms with Crippen LogP contribution in [0.4, 0.5) is 4.79 Å².